The minimum absolute atomic E-state index is 0.248. The van der Waals surface area contributed by atoms with Gasteiger partial charge in [0.25, 0.3) is 10.0 Å². The van der Waals surface area contributed by atoms with Crippen molar-refractivity contribution in [3.05, 3.63) is 64.9 Å². The third-order valence-electron chi connectivity index (χ3n) is 8.13. The van der Waals surface area contributed by atoms with E-state index < -0.39 is 10.0 Å². The third-order valence-corrected chi connectivity index (χ3v) is 10.9. The fourth-order valence-corrected chi connectivity index (χ4v) is 8.16. The van der Waals surface area contributed by atoms with Gasteiger partial charge in [-0.2, -0.15) is 0 Å². The molecule has 1 saturated carbocycles. The highest BCUT2D eigenvalue weighted by Gasteiger charge is 2.29. The lowest BCUT2D eigenvalue weighted by molar-refractivity contribution is 0.118. The van der Waals surface area contributed by atoms with Gasteiger partial charge in [-0.05, 0) is 75.6 Å². The van der Waals surface area contributed by atoms with Crippen LogP contribution in [0.4, 0.5) is 0 Å². The number of thiazole rings is 1. The van der Waals surface area contributed by atoms with Crippen LogP contribution in [-0.4, -0.2) is 59.6 Å². The van der Waals surface area contributed by atoms with Crippen LogP contribution >= 0.6 is 11.3 Å². The molecular formula is C29H34N4O3S2. The molecule has 2 fully saturated rings. The van der Waals surface area contributed by atoms with Crippen molar-refractivity contribution in [2.75, 3.05) is 26.3 Å². The fourth-order valence-electron chi connectivity index (χ4n) is 5.87. The first-order valence-electron chi connectivity index (χ1n) is 13.5. The Hall–Kier alpha value is -2.59. The summed E-state index contributed by atoms with van der Waals surface area (Å²) in [5.41, 5.74) is 3.44. The number of aromatic nitrogens is 3. The lowest BCUT2D eigenvalue weighted by Gasteiger charge is -2.36. The Morgan fingerprint density at radius 3 is 2.55 bits per heavy atom. The average molecular weight is 551 g/mol. The number of pyridine rings is 1. The minimum atomic E-state index is -3.80. The van der Waals surface area contributed by atoms with Gasteiger partial charge in [0.2, 0.25) is 0 Å². The Kier molecular flexibility index (Phi) is 7.11. The Balaban J connectivity index is 1.36. The first-order valence-corrected chi connectivity index (χ1v) is 15.8. The van der Waals surface area contributed by atoms with Gasteiger partial charge in [0.15, 0.2) is 5.65 Å². The van der Waals surface area contributed by atoms with Crippen LogP contribution in [0.3, 0.4) is 0 Å². The van der Waals surface area contributed by atoms with E-state index in [1.807, 2.05) is 19.2 Å². The summed E-state index contributed by atoms with van der Waals surface area (Å²) in [4.78, 5) is 13.6. The molecule has 0 unspecified atom stereocenters. The number of benzene rings is 1. The lowest BCUT2D eigenvalue weighted by atomic mass is 9.81. The Morgan fingerprint density at radius 1 is 1.03 bits per heavy atom. The average Bonchev–Trinajstić information content (AvgIpc) is 3.35. The molecule has 3 aromatic heterocycles. The zero-order chi connectivity index (χ0) is 26.3. The minimum Gasteiger partial charge on any atom is -0.380 e. The number of nitrogens with zero attached hydrogens (tertiary/aromatic N) is 4. The van der Waals surface area contributed by atoms with E-state index in [-0.39, 0.29) is 4.90 Å². The van der Waals surface area contributed by atoms with Crippen molar-refractivity contribution in [3.63, 3.8) is 0 Å². The molecule has 38 heavy (non-hydrogen) atoms. The molecule has 6 rings (SSSR count). The van der Waals surface area contributed by atoms with Gasteiger partial charge in [0, 0.05) is 54.0 Å². The normalized spacial score (nSPS) is 21.5. The van der Waals surface area contributed by atoms with Crippen molar-refractivity contribution in [1.29, 1.82) is 0 Å². The number of aryl methyl sites for hydroxylation is 2. The standard InChI is InChI=1S/C29H34N4O3S2/c1-20-21(2)37-29(31-20)27-19-33(38(34,35)25-7-4-3-5-8-25)28-26(27)17-23(18-30-28)22-9-11-24(12-10-22)32-13-6-15-36-16-14-32/h3-5,7-8,17-19,22,24H,6,9-16H2,1-2H3. The third kappa shape index (κ3) is 4.81. The summed E-state index contributed by atoms with van der Waals surface area (Å²) in [6, 6.07) is 11.4. The predicted octanol–water partition coefficient (Wildman–Crippen LogP) is 5.76. The van der Waals surface area contributed by atoms with E-state index in [1.165, 1.54) is 22.4 Å². The van der Waals surface area contributed by atoms with Gasteiger partial charge in [-0.1, -0.05) is 18.2 Å². The molecule has 0 amide bonds. The second-order valence-electron chi connectivity index (χ2n) is 10.5. The predicted molar refractivity (Wildman–Crippen MR) is 151 cm³/mol. The highest BCUT2D eigenvalue weighted by atomic mass is 32.2. The molecule has 7 nitrogen and oxygen atoms in total. The highest BCUT2D eigenvalue weighted by molar-refractivity contribution is 7.90. The number of rotatable bonds is 5. The molecule has 0 spiro atoms. The van der Waals surface area contributed by atoms with E-state index in [2.05, 4.69) is 17.9 Å². The van der Waals surface area contributed by atoms with Crippen molar-refractivity contribution >= 4 is 32.4 Å². The van der Waals surface area contributed by atoms with Crippen molar-refractivity contribution in [3.8, 4) is 10.6 Å². The maximum absolute atomic E-state index is 13.7. The van der Waals surface area contributed by atoms with E-state index in [1.54, 1.807) is 41.8 Å². The van der Waals surface area contributed by atoms with Crippen LogP contribution in [0.2, 0.25) is 0 Å². The second kappa shape index (κ2) is 10.5. The monoisotopic (exact) mass is 550 g/mol. The van der Waals surface area contributed by atoms with Gasteiger partial charge in [0.1, 0.15) is 5.01 Å². The molecule has 2 aliphatic rings. The molecule has 1 aromatic carbocycles. The number of fused-ring (bicyclic) bond motifs is 1. The second-order valence-corrected chi connectivity index (χ2v) is 13.5. The number of ether oxygens (including phenoxy) is 1. The quantitative estimate of drug-likeness (QED) is 0.314. The van der Waals surface area contributed by atoms with Crippen LogP contribution in [0.25, 0.3) is 21.6 Å². The van der Waals surface area contributed by atoms with Gasteiger partial charge in [-0.25, -0.2) is 22.4 Å². The molecule has 9 heteroatoms. The van der Waals surface area contributed by atoms with Gasteiger partial charge >= 0.3 is 0 Å². The molecule has 200 valence electrons. The van der Waals surface area contributed by atoms with Gasteiger partial charge in [-0.3, -0.25) is 4.90 Å². The molecular weight excluding hydrogens is 516 g/mol. The van der Waals surface area contributed by atoms with Gasteiger partial charge < -0.3 is 4.74 Å². The number of hydrogen-bond donors (Lipinski definition) is 0. The van der Waals surface area contributed by atoms with Crippen LogP contribution in [0.5, 0.6) is 0 Å². The van der Waals surface area contributed by atoms with Crippen LogP contribution in [0.1, 0.15) is 54.2 Å². The zero-order valence-corrected chi connectivity index (χ0v) is 23.6. The Labute approximate surface area is 228 Å². The van der Waals surface area contributed by atoms with E-state index >= 15 is 0 Å². The summed E-state index contributed by atoms with van der Waals surface area (Å²) in [6.07, 6.45) is 9.29. The van der Waals surface area contributed by atoms with E-state index in [4.69, 9.17) is 14.7 Å². The van der Waals surface area contributed by atoms with Crippen molar-refractivity contribution in [1.82, 2.24) is 18.8 Å². The van der Waals surface area contributed by atoms with Crippen LogP contribution < -0.4 is 0 Å². The topological polar surface area (TPSA) is 77.3 Å². The Bertz CT molecular complexity index is 1510. The lowest BCUT2D eigenvalue weighted by Crippen LogP contribution is -2.39. The van der Waals surface area contributed by atoms with E-state index in [0.29, 0.717) is 17.6 Å². The highest BCUT2D eigenvalue weighted by Crippen LogP contribution is 2.39. The SMILES string of the molecule is Cc1nc(-c2cn(S(=O)(=O)c3ccccc3)c3ncc(C4CCC(N5CCCOCC5)CC4)cc23)sc1C. The first-order chi connectivity index (χ1) is 18.4. The van der Waals surface area contributed by atoms with E-state index in [9.17, 15) is 8.42 Å². The maximum Gasteiger partial charge on any atom is 0.269 e. The van der Waals surface area contributed by atoms with Gasteiger partial charge in [0.05, 0.1) is 17.2 Å². The van der Waals surface area contributed by atoms with Crippen molar-refractivity contribution < 1.29 is 13.2 Å². The summed E-state index contributed by atoms with van der Waals surface area (Å²) >= 11 is 1.60. The summed E-state index contributed by atoms with van der Waals surface area (Å²) in [5, 5.41) is 1.68. The largest absolute Gasteiger partial charge is 0.380 e. The molecule has 4 heterocycles. The summed E-state index contributed by atoms with van der Waals surface area (Å²) in [6.45, 7) is 7.91. The summed E-state index contributed by atoms with van der Waals surface area (Å²) in [7, 11) is -3.80. The molecule has 1 saturated heterocycles. The first kappa shape index (κ1) is 25.7. The van der Waals surface area contributed by atoms with Crippen LogP contribution in [-0.2, 0) is 14.8 Å². The fraction of sp³-hybridized carbons (Fsp3) is 0.448. The van der Waals surface area contributed by atoms with Crippen molar-refractivity contribution in [2.45, 2.75) is 62.8 Å². The van der Waals surface area contributed by atoms with Crippen LogP contribution in [0, 0.1) is 13.8 Å². The number of hydrogen-bond acceptors (Lipinski definition) is 7. The molecule has 1 aliphatic heterocycles. The molecule has 1 aliphatic carbocycles. The molecule has 4 aromatic rings. The zero-order valence-electron chi connectivity index (χ0n) is 22.0. The van der Waals surface area contributed by atoms with Crippen LogP contribution in [0.15, 0.2) is 53.7 Å². The van der Waals surface area contributed by atoms with E-state index in [0.717, 1.165) is 72.1 Å². The summed E-state index contributed by atoms with van der Waals surface area (Å²) in [5.74, 6) is 0.424. The van der Waals surface area contributed by atoms with Crippen molar-refractivity contribution in [2.24, 2.45) is 0 Å². The maximum atomic E-state index is 13.7. The molecule has 0 atom stereocenters. The molecule has 0 radical (unpaired) electrons. The summed E-state index contributed by atoms with van der Waals surface area (Å²) < 4.78 is 34.3. The molecule has 0 bridgehead atoms. The molecule has 0 N–H and O–H groups in total. The smallest absolute Gasteiger partial charge is 0.269 e. The Morgan fingerprint density at radius 2 is 1.82 bits per heavy atom. The van der Waals surface area contributed by atoms with Gasteiger partial charge in [-0.15, -0.1) is 11.3 Å².